The Bertz CT molecular complexity index is 264. The van der Waals surface area contributed by atoms with Crippen LogP contribution in [0.1, 0.15) is 51.9 Å². The van der Waals surface area contributed by atoms with Gasteiger partial charge in [-0.2, -0.15) is 5.26 Å². The highest BCUT2D eigenvalue weighted by molar-refractivity contribution is 5.82. The van der Waals surface area contributed by atoms with Gasteiger partial charge >= 0.3 is 0 Å². The van der Waals surface area contributed by atoms with Crippen LogP contribution in [0.15, 0.2) is 0 Å². The molecule has 0 aromatic heterocycles. The fraction of sp³-hybridized carbons (Fsp3) is 0.846. The summed E-state index contributed by atoms with van der Waals surface area (Å²) in [6.45, 7) is 2.92. The van der Waals surface area contributed by atoms with Crippen LogP contribution in [-0.2, 0) is 4.79 Å². The van der Waals surface area contributed by atoms with Crippen molar-refractivity contribution >= 4 is 5.91 Å². The highest BCUT2D eigenvalue weighted by atomic mass is 16.2. The fourth-order valence-corrected chi connectivity index (χ4v) is 2.14. The van der Waals surface area contributed by atoms with Crippen LogP contribution in [-0.4, -0.2) is 24.5 Å². The lowest BCUT2D eigenvalue weighted by Gasteiger charge is -2.23. The second-order valence-electron chi connectivity index (χ2n) is 4.69. The Balaban J connectivity index is 2.40. The molecular weight excluding hydrogens is 214 g/mol. The number of rotatable bonds is 4. The lowest BCUT2D eigenvalue weighted by Crippen LogP contribution is -2.48. The Morgan fingerprint density at radius 2 is 2.24 bits per heavy atom. The van der Waals surface area contributed by atoms with E-state index in [1.807, 2.05) is 6.92 Å². The molecule has 0 aliphatic carbocycles. The second kappa shape index (κ2) is 8.08. The molecule has 1 heterocycles. The maximum atomic E-state index is 12.0. The summed E-state index contributed by atoms with van der Waals surface area (Å²) in [6.07, 6.45) is 6.86. The molecule has 2 N–H and O–H groups in total. The van der Waals surface area contributed by atoms with Gasteiger partial charge in [0, 0.05) is 6.04 Å². The van der Waals surface area contributed by atoms with Crippen molar-refractivity contribution in [1.82, 2.24) is 10.6 Å². The predicted molar refractivity (Wildman–Crippen MR) is 67.3 cm³/mol. The Kier molecular flexibility index (Phi) is 6.64. The van der Waals surface area contributed by atoms with Gasteiger partial charge in [0.1, 0.15) is 0 Å². The van der Waals surface area contributed by atoms with Crippen molar-refractivity contribution in [3.63, 3.8) is 0 Å². The molecule has 1 fully saturated rings. The molecule has 0 aromatic rings. The number of carbonyl (C=O) groups is 1. The average molecular weight is 237 g/mol. The van der Waals surface area contributed by atoms with Crippen molar-refractivity contribution < 1.29 is 4.79 Å². The summed E-state index contributed by atoms with van der Waals surface area (Å²) in [5.74, 6) is 0.0639. The molecule has 0 aromatic carbocycles. The molecule has 1 amide bonds. The van der Waals surface area contributed by atoms with Crippen molar-refractivity contribution in [3.8, 4) is 6.07 Å². The van der Waals surface area contributed by atoms with Gasteiger partial charge in [-0.1, -0.05) is 26.2 Å². The molecule has 4 nitrogen and oxygen atoms in total. The minimum atomic E-state index is -0.0666. The topological polar surface area (TPSA) is 64.9 Å². The molecule has 17 heavy (non-hydrogen) atoms. The van der Waals surface area contributed by atoms with Crippen LogP contribution in [0.5, 0.6) is 0 Å². The molecule has 0 saturated carbocycles. The molecule has 4 heteroatoms. The average Bonchev–Trinajstić information content (AvgIpc) is 2.27. The van der Waals surface area contributed by atoms with Gasteiger partial charge in [0.25, 0.3) is 0 Å². The maximum Gasteiger partial charge on any atom is 0.237 e. The number of hydrogen-bond acceptors (Lipinski definition) is 3. The van der Waals surface area contributed by atoms with Crippen molar-refractivity contribution in [2.45, 2.75) is 64.0 Å². The monoisotopic (exact) mass is 237 g/mol. The van der Waals surface area contributed by atoms with E-state index in [9.17, 15) is 4.79 Å². The second-order valence-corrected chi connectivity index (χ2v) is 4.69. The molecule has 1 rings (SSSR count). The Morgan fingerprint density at radius 3 is 2.94 bits per heavy atom. The van der Waals surface area contributed by atoms with E-state index in [2.05, 4.69) is 16.7 Å². The van der Waals surface area contributed by atoms with E-state index in [-0.39, 0.29) is 18.0 Å². The zero-order chi connectivity index (χ0) is 12.5. The Morgan fingerprint density at radius 1 is 1.47 bits per heavy atom. The molecule has 0 bridgehead atoms. The van der Waals surface area contributed by atoms with E-state index in [4.69, 9.17) is 5.26 Å². The zero-order valence-electron chi connectivity index (χ0n) is 10.7. The number of hydrogen-bond donors (Lipinski definition) is 2. The van der Waals surface area contributed by atoms with Crippen LogP contribution in [0, 0.1) is 11.3 Å². The van der Waals surface area contributed by atoms with E-state index in [1.54, 1.807) is 0 Å². The van der Waals surface area contributed by atoms with E-state index in [0.29, 0.717) is 6.42 Å². The molecule has 1 saturated heterocycles. The summed E-state index contributed by atoms with van der Waals surface area (Å²) in [4.78, 5) is 12.0. The lowest BCUT2D eigenvalue weighted by atomic mass is 10.0. The van der Waals surface area contributed by atoms with E-state index in [0.717, 1.165) is 32.2 Å². The van der Waals surface area contributed by atoms with Gasteiger partial charge in [0.15, 0.2) is 0 Å². The smallest absolute Gasteiger partial charge is 0.237 e. The normalized spacial score (nSPS) is 22.9. The number of carbonyl (C=O) groups excluding carboxylic acids is 1. The molecular formula is C13H23N3O. The van der Waals surface area contributed by atoms with Gasteiger partial charge < -0.3 is 10.6 Å². The summed E-state index contributed by atoms with van der Waals surface area (Å²) in [5.41, 5.74) is 0. The molecule has 2 unspecified atom stereocenters. The minimum Gasteiger partial charge on any atom is -0.351 e. The molecule has 0 spiro atoms. The van der Waals surface area contributed by atoms with Crippen molar-refractivity contribution in [2.75, 3.05) is 6.54 Å². The van der Waals surface area contributed by atoms with Crippen LogP contribution in [0.4, 0.5) is 0 Å². The van der Waals surface area contributed by atoms with E-state index >= 15 is 0 Å². The quantitative estimate of drug-likeness (QED) is 0.782. The number of nitriles is 1. The highest BCUT2D eigenvalue weighted by Gasteiger charge is 2.20. The maximum absolute atomic E-state index is 12.0. The standard InChI is InChI=1S/C13H23N3O/c1-2-11(8-9-14)16-13(17)12-7-5-3-4-6-10-15-12/h11-12,15H,2-8,10H2,1H3,(H,16,17). The van der Waals surface area contributed by atoms with Gasteiger partial charge in [-0.15, -0.1) is 0 Å². The molecule has 96 valence electrons. The largest absolute Gasteiger partial charge is 0.351 e. The predicted octanol–water partition coefficient (Wildman–Crippen LogP) is 1.72. The van der Waals surface area contributed by atoms with Crippen molar-refractivity contribution in [3.05, 3.63) is 0 Å². The van der Waals surface area contributed by atoms with Crippen LogP contribution in [0.2, 0.25) is 0 Å². The van der Waals surface area contributed by atoms with Crippen LogP contribution < -0.4 is 10.6 Å². The number of nitrogens with zero attached hydrogens (tertiary/aromatic N) is 1. The van der Waals surface area contributed by atoms with Gasteiger partial charge in [0.2, 0.25) is 5.91 Å². The first-order valence-electron chi connectivity index (χ1n) is 6.68. The van der Waals surface area contributed by atoms with Crippen molar-refractivity contribution in [1.29, 1.82) is 5.26 Å². The third kappa shape index (κ3) is 5.18. The number of amides is 1. The van der Waals surface area contributed by atoms with Gasteiger partial charge in [-0.25, -0.2) is 0 Å². The summed E-state index contributed by atoms with van der Waals surface area (Å²) in [7, 11) is 0. The van der Waals surface area contributed by atoms with Crippen LogP contribution >= 0.6 is 0 Å². The minimum absolute atomic E-state index is 0.000240. The van der Waals surface area contributed by atoms with Crippen LogP contribution in [0.3, 0.4) is 0 Å². The number of nitrogens with one attached hydrogen (secondary N) is 2. The molecule has 1 aliphatic heterocycles. The first-order chi connectivity index (χ1) is 8.27. The van der Waals surface area contributed by atoms with E-state index in [1.165, 1.54) is 12.8 Å². The zero-order valence-corrected chi connectivity index (χ0v) is 10.7. The molecule has 2 atom stereocenters. The third-order valence-electron chi connectivity index (χ3n) is 3.30. The summed E-state index contributed by atoms with van der Waals surface area (Å²) in [6, 6.07) is 2.05. The first kappa shape index (κ1) is 14.0. The Hall–Kier alpha value is -1.08. The van der Waals surface area contributed by atoms with Gasteiger partial charge in [-0.05, 0) is 25.8 Å². The van der Waals surface area contributed by atoms with Crippen LogP contribution in [0.25, 0.3) is 0 Å². The summed E-state index contributed by atoms with van der Waals surface area (Å²) in [5, 5.41) is 14.9. The highest BCUT2D eigenvalue weighted by Crippen LogP contribution is 2.10. The van der Waals surface area contributed by atoms with Crippen molar-refractivity contribution in [2.24, 2.45) is 0 Å². The molecule has 1 aliphatic rings. The molecule has 0 radical (unpaired) electrons. The fourth-order valence-electron chi connectivity index (χ4n) is 2.14. The van der Waals surface area contributed by atoms with Gasteiger partial charge in [0.05, 0.1) is 18.5 Å². The first-order valence-corrected chi connectivity index (χ1v) is 6.68. The Labute approximate surface area is 104 Å². The summed E-state index contributed by atoms with van der Waals surface area (Å²) < 4.78 is 0. The third-order valence-corrected chi connectivity index (χ3v) is 3.30. The van der Waals surface area contributed by atoms with Gasteiger partial charge in [-0.3, -0.25) is 4.79 Å². The summed E-state index contributed by atoms with van der Waals surface area (Å²) >= 11 is 0. The lowest BCUT2D eigenvalue weighted by molar-refractivity contribution is -0.124. The van der Waals surface area contributed by atoms with E-state index < -0.39 is 0 Å². The SMILES string of the molecule is CCC(CC#N)NC(=O)C1CCCCCCN1.